The van der Waals surface area contributed by atoms with Crippen LogP contribution in [0.15, 0.2) is 71.6 Å². The van der Waals surface area contributed by atoms with Crippen molar-refractivity contribution in [1.29, 1.82) is 0 Å². The average molecular weight is 557 g/mol. The molecule has 10 heteroatoms. The molecular formula is C29H33FN2O6S. The minimum Gasteiger partial charge on any atom is -0.497 e. The summed E-state index contributed by atoms with van der Waals surface area (Å²) < 4.78 is 54.8. The Hall–Kier alpha value is -3.47. The van der Waals surface area contributed by atoms with Crippen LogP contribution in [0.1, 0.15) is 24.2 Å². The van der Waals surface area contributed by atoms with E-state index in [4.69, 9.17) is 9.47 Å². The van der Waals surface area contributed by atoms with Crippen LogP contribution in [0.5, 0.6) is 11.5 Å². The van der Waals surface area contributed by atoms with Crippen LogP contribution in [0, 0.1) is 11.7 Å². The van der Waals surface area contributed by atoms with Gasteiger partial charge in [0.2, 0.25) is 10.0 Å². The van der Waals surface area contributed by atoms with E-state index in [2.05, 4.69) is 0 Å². The first-order chi connectivity index (χ1) is 18.6. The van der Waals surface area contributed by atoms with Crippen molar-refractivity contribution in [3.05, 3.63) is 78.1 Å². The molecule has 3 aromatic rings. The molecule has 0 aromatic heterocycles. The van der Waals surface area contributed by atoms with Crippen LogP contribution in [0.2, 0.25) is 0 Å². The van der Waals surface area contributed by atoms with Gasteiger partial charge in [-0.1, -0.05) is 37.3 Å². The summed E-state index contributed by atoms with van der Waals surface area (Å²) in [6, 6.07) is 17.3. The number of hydrogen-bond acceptors (Lipinski definition) is 6. The zero-order valence-electron chi connectivity index (χ0n) is 22.4. The second-order valence-electron chi connectivity index (χ2n) is 9.80. The number of aliphatic hydroxyl groups excluding tert-OH is 1. The van der Waals surface area contributed by atoms with Crippen molar-refractivity contribution in [2.75, 3.05) is 33.9 Å². The molecule has 1 heterocycles. The van der Waals surface area contributed by atoms with Gasteiger partial charge in [0.15, 0.2) is 0 Å². The number of hydrogen-bond donors (Lipinski definition) is 1. The molecule has 0 aliphatic carbocycles. The largest absolute Gasteiger partial charge is 0.497 e. The molecule has 1 N–H and O–H groups in total. The second-order valence-corrected chi connectivity index (χ2v) is 11.7. The van der Waals surface area contributed by atoms with E-state index in [1.54, 1.807) is 39.3 Å². The van der Waals surface area contributed by atoms with Crippen LogP contribution in [0.4, 0.5) is 4.39 Å². The molecule has 1 aliphatic rings. The van der Waals surface area contributed by atoms with Crippen molar-refractivity contribution in [2.24, 2.45) is 5.92 Å². The molecular weight excluding hydrogens is 523 g/mol. The number of nitrogens with zero attached hydrogens (tertiary/aromatic N) is 2. The zero-order valence-corrected chi connectivity index (χ0v) is 23.2. The molecule has 0 spiro atoms. The molecule has 0 saturated heterocycles. The molecule has 4 rings (SSSR count). The minimum atomic E-state index is -4.02. The van der Waals surface area contributed by atoms with Gasteiger partial charge in [-0.25, -0.2) is 12.8 Å². The smallest absolute Gasteiger partial charge is 0.256 e. The Bertz CT molecular complexity index is 1450. The zero-order chi connectivity index (χ0) is 28.3. The molecule has 1 aliphatic heterocycles. The summed E-state index contributed by atoms with van der Waals surface area (Å²) in [4.78, 5) is 14.4. The predicted octanol–water partition coefficient (Wildman–Crippen LogP) is 4.04. The van der Waals surface area contributed by atoms with Crippen LogP contribution in [-0.2, 0) is 10.0 Å². The van der Waals surface area contributed by atoms with Crippen LogP contribution in [0.25, 0.3) is 11.1 Å². The van der Waals surface area contributed by atoms with Crippen LogP contribution in [0.3, 0.4) is 0 Å². The van der Waals surface area contributed by atoms with Gasteiger partial charge in [-0.3, -0.25) is 4.79 Å². The molecule has 0 bridgehead atoms. The van der Waals surface area contributed by atoms with E-state index >= 15 is 0 Å². The Morgan fingerprint density at radius 1 is 1.15 bits per heavy atom. The monoisotopic (exact) mass is 556 g/mol. The summed E-state index contributed by atoms with van der Waals surface area (Å²) in [5, 5.41) is 9.86. The van der Waals surface area contributed by atoms with Gasteiger partial charge in [0, 0.05) is 25.6 Å². The van der Waals surface area contributed by atoms with Crippen molar-refractivity contribution < 1.29 is 32.2 Å². The van der Waals surface area contributed by atoms with Gasteiger partial charge < -0.3 is 19.5 Å². The summed E-state index contributed by atoms with van der Waals surface area (Å²) in [6.45, 7) is 3.25. The highest BCUT2D eigenvalue weighted by Crippen LogP contribution is 2.37. The third kappa shape index (κ3) is 5.93. The molecule has 0 saturated carbocycles. The SMILES string of the molecule is COc1cccc(-c2ccc3c(c2)O[C@H](CN(C)C(=O)c2ccccc2F)[C@@H](C)CN([C@@H](C)CO)S3(=O)=O)c1. The van der Waals surface area contributed by atoms with Crippen LogP contribution < -0.4 is 9.47 Å². The van der Waals surface area contributed by atoms with Crippen LogP contribution >= 0.6 is 0 Å². The van der Waals surface area contributed by atoms with Gasteiger partial charge in [-0.15, -0.1) is 0 Å². The van der Waals surface area contributed by atoms with Crippen molar-refractivity contribution in [1.82, 2.24) is 9.21 Å². The van der Waals surface area contributed by atoms with Crippen molar-refractivity contribution in [3.63, 3.8) is 0 Å². The fraction of sp³-hybridized carbons (Fsp3) is 0.345. The van der Waals surface area contributed by atoms with E-state index in [0.717, 1.165) is 5.56 Å². The number of halogens is 1. The minimum absolute atomic E-state index is 0.0329. The molecule has 39 heavy (non-hydrogen) atoms. The summed E-state index contributed by atoms with van der Waals surface area (Å²) in [6.07, 6.45) is -0.631. The standard InChI is InChI=1S/C29H33FN2O6S/c1-19-16-32(20(2)18-33)39(35,36)28-13-12-22(21-8-7-9-23(14-21)37-4)15-26(28)38-27(19)17-31(3)29(34)24-10-5-6-11-25(24)30/h5-15,19-20,27,33H,16-18H2,1-4H3/t19-,20-,27+/m0/s1. The number of aliphatic hydroxyl groups is 1. The van der Waals surface area contributed by atoms with Gasteiger partial charge in [0.1, 0.15) is 28.3 Å². The van der Waals surface area contributed by atoms with E-state index in [1.165, 1.54) is 33.5 Å². The highest BCUT2D eigenvalue weighted by molar-refractivity contribution is 7.89. The van der Waals surface area contributed by atoms with Gasteiger partial charge in [-0.2, -0.15) is 4.31 Å². The van der Waals surface area contributed by atoms with Crippen molar-refractivity contribution in [3.8, 4) is 22.6 Å². The van der Waals surface area contributed by atoms with E-state index in [0.29, 0.717) is 11.3 Å². The lowest BCUT2D eigenvalue weighted by molar-refractivity contribution is 0.0560. The lowest BCUT2D eigenvalue weighted by Gasteiger charge is -2.37. The Labute approximate surface area is 228 Å². The van der Waals surface area contributed by atoms with Gasteiger partial charge in [0.05, 0.1) is 25.8 Å². The van der Waals surface area contributed by atoms with Crippen molar-refractivity contribution >= 4 is 15.9 Å². The molecule has 0 unspecified atom stereocenters. The third-order valence-corrected chi connectivity index (χ3v) is 8.99. The molecule has 3 aromatic carbocycles. The van der Waals surface area contributed by atoms with E-state index < -0.39 is 33.9 Å². The summed E-state index contributed by atoms with van der Waals surface area (Å²) >= 11 is 0. The lowest BCUT2D eigenvalue weighted by Crippen LogP contribution is -2.50. The molecule has 208 valence electrons. The van der Waals surface area contributed by atoms with Gasteiger partial charge >= 0.3 is 0 Å². The Balaban J connectivity index is 1.76. The first kappa shape index (κ1) is 28.5. The topological polar surface area (TPSA) is 96.4 Å². The average Bonchev–Trinajstić information content (AvgIpc) is 2.94. The number of benzene rings is 3. The normalized spacial score (nSPS) is 19.6. The Kier molecular flexibility index (Phi) is 8.58. The number of carbonyl (C=O) groups is 1. The summed E-state index contributed by atoms with van der Waals surface area (Å²) in [5.74, 6) is -0.727. The molecule has 3 atom stereocenters. The number of methoxy groups -OCH3 is 1. The number of carbonyl (C=O) groups excluding carboxylic acids is 1. The number of likely N-dealkylation sites (N-methyl/N-ethyl adjacent to an activating group) is 1. The van der Waals surface area contributed by atoms with E-state index in [9.17, 15) is 22.7 Å². The predicted molar refractivity (Wildman–Crippen MR) is 146 cm³/mol. The van der Waals surface area contributed by atoms with Gasteiger partial charge in [0.25, 0.3) is 5.91 Å². The Morgan fingerprint density at radius 3 is 2.56 bits per heavy atom. The summed E-state index contributed by atoms with van der Waals surface area (Å²) in [5.41, 5.74) is 1.46. The molecule has 8 nitrogen and oxygen atoms in total. The van der Waals surface area contributed by atoms with Gasteiger partial charge in [-0.05, 0) is 54.4 Å². The lowest BCUT2D eigenvalue weighted by atomic mass is 10.0. The molecule has 1 amide bonds. The number of rotatable bonds is 7. The first-order valence-electron chi connectivity index (χ1n) is 12.6. The van der Waals surface area contributed by atoms with E-state index in [1.807, 2.05) is 31.2 Å². The van der Waals surface area contributed by atoms with E-state index in [-0.39, 0.29) is 41.8 Å². The first-order valence-corrected chi connectivity index (χ1v) is 14.1. The van der Waals surface area contributed by atoms with Crippen LogP contribution in [-0.4, -0.2) is 74.6 Å². The Morgan fingerprint density at radius 2 is 1.87 bits per heavy atom. The van der Waals surface area contributed by atoms with Crippen molar-refractivity contribution in [2.45, 2.75) is 30.9 Å². The summed E-state index contributed by atoms with van der Waals surface area (Å²) in [7, 11) is -0.898. The number of amides is 1. The highest BCUT2D eigenvalue weighted by atomic mass is 32.2. The maximum atomic E-state index is 14.3. The maximum absolute atomic E-state index is 14.3. The maximum Gasteiger partial charge on any atom is 0.256 e. The molecule has 0 radical (unpaired) electrons. The number of fused-ring (bicyclic) bond motifs is 1. The second kappa shape index (κ2) is 11.7. The number of sulfonamides is 1. The highest BCUT2D eigenvalue weighted by Gasteiger charge is 2.38. The molecule has 0 fully saturated rings. The third-order valence-electron chi connectivity index (χ3n) is 6.97. The quantitative estimate of drug-likeness (QED) is 0.472. The fourth-order valence-corrected chi connectivity index (χ4v) is 6.44. The fourth-order valence-electron chi connectivity index (χ4n) is 4.62. The number of ether oxygens (including phenoxy) is 2.